The van der Waals surface area contributed by atoms with Crippen LogP contribution in [0.3, 0.4) is 0 Å². The Balaban J connectivity index is 3.35. The molecule has 0 aliphatic heterocycles. The molecule has 0 aromatic heterocycles. The van der Waals surface area contributed by atoms with Crippen molar-refractivity contribution in [3.63, 3.8) is 0 Å². The second-order valence-corrected chi connectivity index (χ2v) is 10.5. The smallest absolute Gasteiger partial charge is 0.408 e. The first kappa shape index (κ1) is 29.5. The molecular weight excluding hydrogens is 430 g/mol. The predicted octanol–water partition coefficient (Wildman–Crippen LogP) is 5.13. The van der Waals surface area contributed by atoms with Gasteiger partial charge in [-0.1, -0.05) is 63.4 Å². The van der Waals surface area contributed by atoms with Gasteiger partial charge in [0.2, 0.25) is 11.8 Å². The molecule has 192 valence electrons. The number of rotatable bonds is 11. The van der Waals surface area contributed by atoms with Gasteiger partial charge >= 0.3 is 6.09 Å². The quantitative estimate of drug-likeness (QED) is 0.434. The van der Waals surface area contributed by atoms with Crippen LogP contribution in [-0.4, -0.2) is 47.0 Å². The number of ether oxygens (including phenoxy) is 1. The Morgan fingerprint density at radius 2 is 1.71 bits per heavy atom. The van der Waals surface area contributed by atoms with Crippen LogP contribution in [0.5, 0.6) is 0 Å². The number of unbranched alkanes of at least 4 members (excludes halogenated alkanes) is 2. The van der Waals surface area contributed by atoms with Crippen LogP contribution >= 0.6 is 0 Å². The number of hydrogen-bond donors (Lipinski definition) is 2. The summed E-state index contributed by atoms with van der Waals surface area (Å²) in [4.78, 5) is 41.4. The molecule has 7 heteroatoms. The SMILES string of the molecule is CCCCCNC(=O)C(c1cccc(C)c1)N(C(=O)C(NC(=O)OC(C)(C)C)C(C)C)C(C)C. The van der Waals surface area contributed by atoms with E-state index in [1.165, 1.54) is 0 Å². The van der Waals surface area contributed by atoms with Gasteiger partial charge in [0.05, 0.1) is 0 Å². The van der Waals surface area contributed by atoms with Crippen molar-refractivity contribution in [2.24, 2.45) is 5.92 Å². The highest BCUT2D eigenvalue weighted by Gasteiger charge is 2.38. The van der Waals surface area contributed by atoms with Gasteiger partial charge in [-0.3, -0.25) is 9.59 Å². The molecule has 1 aromatic carbocycles. The lowest BCUT2D eigenvalue weighted by Gasteiger charge is -2.38. The molecule has 1 aromatic rings. The average molecular weight is 476 g/mol. The monoisotopic (exact) mass is 475 g/mol. The van der Waals surface area contributed by atoms with Crippen molar-refractivity contribution in [2.75, 3.05) is 6.54 Å². The highest BCUT2D eigenvalue weighted by molar-refractivity contribution is 5.92. The minimum absolute atomic E-state index is 0.202. The molecule has 0 aliphatic carbocycles. The van der Waals surface area contributed by atoms with E-state index in [-0.39, 0.29) is 23.8 Å². The molecule has 2 atom stereocenters. The molecule has 3 amide bonds. The summed E-state index contributed by atoms with van der Waals surface area (Å²) in [6.07, 6.45) is 2.31. The maximum absolute atomic E-state index is 13.9. The van der Waals surface area contributed by atoms with E-state index in [1.807, 2.05) is 58.9 Å². The summed E-state index contributed by atoms with van der Waals surface area (Å²) < 4.78 is 5.39. The fourth-order valence-corrected chi connectivity index (χ4v) is 3.75. The highest BCUT2D eigenvalue weighted by atomic mass is 16.6. The molecular formula is C27H45N3O4. The number of alkyl carbamates (subject to hydrolysis) is 1. The standard InChI is InChI=1S/C27H45N3O4/c1-10-11-12-16-28-24(31)23(21-15-13-14-20(6)17-21)30(19(4)5)25(32)22(18(2)3)29-26(33)34-27(7,8)9/h13-15,17-19,22-23H,10-12,16H2,1-9H3,(H,28,31)(H,29,33). The van der Waals surface area contributed by atoms with Gasteiger partial charge in [-0.2, -0.15) is 0 Å². The summed E-state index contributed by atoms with van der Waals surface area (Å²) in [5.41, 5.74) is 1.06. The van der Waals surface area contributed by atoms with Crippen molar-refractivity contribution < 1.29 is 19.1 Å². The molecule has 0 saturated carbocycles. The molecule has 0 heterocycles. The summed E-state index contributed by atoms with van der Waals surface area (Å²) in [7, 11) is 0. The Kier molecular flexibility index (Phi) is 11.6. The fourth-order valence-electron chi connectivity index (χ4n) is 3.75. The van der Waals surface area contributed by atoms with Crippen LogP contribution in [0.1, 0.15) is 91.8 Å². The van der Waals surface area contributed by atoms with Gasteiger partial charge in [0.15, 0.2) is 0 Å². The summed E-state index contributed by atoms with van der Waals surface area (Å²) in [5.74, 6) is -0.735. The lowest BCUT2D eigenvalue weighted by atomic mass is 9.96. The zero-order valence-corrected chi connectivity index (χ0v) is 22.5. The van der Waals surface area contributed by atoms with Crippen LogP contribution in [0, 0.1) is 12.8 Å². The first-order chi connectivity index (χ1) is 15.8. The molecule has 0 radical (unpaired) electrons. The van der Waals surface area contributed by atoms with Crippen molar-refractivity contribution >= 4 is 17.9 Å². The number of hydrogen-bond acceptors (Lipinski definition) is 4. The number of benzene rings is 1. The zero-order valence-electron chi connectivity index (χ0n) is 22.5. The number of carbonyl (C=O) groups excluding carboxylic acids is 3. The topological polar surface area (TPSA) is 87.7 Å². The van der Waals surface area contributed by atoms with Crippen molar-refractivity contribution in [2.45, 2.75) is 105 Å². The molecule has 7 nitrogen and oxygen atoms in total. The minimum atomic E-state index is -0.836. The van der Waals surface area contributed by atoms with Gasteiger partial charge < -0.3 is 20.3 Å². The second kappa shape index (κ2) is 13.4. The third-order valence-corrected chi connectivity index (χ3v) is 5.38. The predicted molar refractivity (Wildman–Crippen MR) is 136 cm³/mol. The van der Waals surface area contributed by atoms with E-state index in [4.69, 9.17) is 4.74 Å². The molecule has 0 saturated heterocycles. The van der Waals surface area contributed by atoms with Crippen LogP contribution in [-0.2, 0) is 14.3 Å². The minimum Gasteiger partial charge on any atom is -0.444 e. The van der Waals surface area contributed by atoms with Gasteiger partial charge in [-0.05, 0) is 59.4 Å². The molecule has 0 spiro atoms. The van der Waals surface area contributed by atoms with E-state index < -0.39 is 23.8 Å². The molecule has 0 aliphatic rings. The molecule has 1 rings (SSSR count). The Labute approximate surface area is 206 Å². The summed E-state index contributed by atoms with van der Waals surface area (Å²) in [6, 6.07) is 5.74. The molecule has 2 unspecified atom stereocenters. The van der Waals surface area contributed by atoms with Gasteiger partial charge in [-0.25, -0.2) is 4.79 Å². The Hall–Kier alpha value is -2.57. The van der Waals surface area contributed by atoms with Gasteiger partial charge in [0.25, 0.3) is 0 Å². The van der Waals surface area contributed by atoms with Crippen LogP contribution in [0.15, 0.2) is 24.3 Å². The van der Waals surface area contributed by atoms with Crippen LogP contribution in [0.2, 0.25) is 0 Å². The second-order valence-electron chi connectivity index (χ2n) is 10.5. The lowest BCUT2D eigenvalue weighted by molar-refractivity contribution is -0.145. The van der Waals surface area contributed by atoms with E-state index in [0.717, 1.165) is 30.4 Å². The van der Waals surface area contributed by atoms with Crippen LogP contribution in [0.4, 0.5) is 4.79 Å². The van der Waals surface area contributed by atoms with E-state index in [9.17, 15) is 14.4 Å². The van der Waals surface area contributed by atoms with E-state index in [1.54, 1.807) is 25.7 Å². The Morgan fingerprint density at radius 1 is 1.06 bits per heavy atom. The van der Waals surface area contributed by atoms with Crippen molar-refractivity contribution in [1.82, 2.24) is 15.5 Å². The zero-order chi connectivity index (χ0) is 26.1. The summed E-state index contributed by atoms with van der Waals surface area (Å²) in [6.45, 7) is 17.4. The largest absolute Gasteiger partial charge is 0.444 e. The highest BCUT2D eigenvalue weighted by Crippen LogP contribution is 2.27. The average Bonchev–Trinajstić information content (AvgIpc) is 2.70. The van der Waals surface area contributed by atoms with Gasteiger partial charge in [0, 0.05) is 12.6 Å². The third-order valence-electron chi connectivity index (χ3n) is 5.38. The van der Waals surface area contributed by atoms with E-state index in [2.05, 4.69) is 17.6 Å². The number of amides is 3. The van der Waals surface area contributed by atoms with E-state index in [0.29, 0.717) is 6.54 Å². The van der Waals surface area contributed by atoms with Gasteiger partial charge in [0.1, 0.15) is 17.7 Å². The number of carbonyl (C=O) groups is 3. The van der Waals surface area contributed by atoms with Crippen molar-refractivity contribution in [1.29, 1.82) is 0 Å². The molecule has 34 heavy (non-hydrogen) atoms. The Bertz CT molecular complexity index is 814. The maximum atomic E-state index is 13.9. The normalized spacial score (nSPS) is 13.4. The first-order valence-corrected chi connectivity index (χ1v) is 12.4. The molecule has 0 fully saturated rings. The number of nitrogens with one attached hydrogen (secondary N) is 2. The summed E-state index contributed by atoms with van der Waals surface area (Å²) >= 11 is 0. The van der Waals surface area contributed by atoms with Crippen LogP contribution < -0.4 is 10.6 Å². The number of nitrogens with zero attached hydrogens (tertiary/aromatic N) is 1. The Morgan fingerprint density at radius 3 is 2.21 bits per heavy atom. The summed E-state index contributed by atoms with van der Waals surface area (Å²) in [5, 5.41) is 5.76. The molecule has 2 N–H and O–H groups in total. The first-order valence-electron chi connectivity index (χ1n) is 12.4. The third kappa shape index (κ3) is 9.35. The lowest BCUT2D eigenvalue weighted by Crippen LogP contribution is -2.56. The maximum Gasteiger partial charge on any atom is 0.408 e. The molecule has 0 bridgehead atoms. The van der Waals surface area contributed by atoms with Crippen LogP contribution in [0.25, 0.3) is 0 Å². The van der Waals surface area contributed by atoms with Crippen molar-refractivity contribution in [3.05, 3.63) is 35.4 Å². The number of aryl methyl sites for hydroxylation is 1. The van der Waals surface area contributed by atoms with E-state index >= 15 is 0 Å². The fraction of sp³-hybridized carbons (Fsp3) is 0.667. The van der Waals surface area contributed by atoms with Gasteiger partial charge in [-0.15, -0.1) is 0 Å². The van der Waals surface area contributed by atoms with Crippen molar-refractivity contribution in [3.8, 4) is 0 Å².